The fraction of sp³-hybridized carbons (Fsp3) is 0.190. The molecule has 3 aromatic rings. The molecule has 0 saturated heterocycles. The van der Waals surface area contributed by atoms with E-state index in [9.17, 15) is 13.2 Å². The van der Waals surface area contributed by atoms with Gasteiger partial charge in [-0.1, -0.05) is 18.2 Å². The standard InChI is InChI=1S/C21H20N2O4S/c1-15-13-17-5-2-3-7-20(17)23(15)21(24)16-8-10-19(11-9-16)28(25,26)22-14-18-6-4-12-27-18/h2-12,15,22H,13-14H2,1H3/t15-/m1/s1. The molecule has 7 heteroatoms. The van der Waals surface area contributed by atoms with Crippen molar-refractivity contribution < 1.29 is 17.6 Å². The molecule has 1 amide bonds. The number of hydrogen-bond donors (Lipinski definition) is 1. The lowest BCUT2D eigenvalue weighted by atomic mass is 10.1. The van der Waals surface area contributed by atoms with Crippen LogP contribution in [0.5, 0.6) is 0 Å². The van der Waals surface area contributed by atoms with Gasteiger partial charge < -0.3 is 9.32 Å². The Labute approximate surface area is 163 Å². The maximum atomic E-state index is 13.0. The number of amides is 1. The number of fused-ring (bicyclic) bond motifs is 1. The summed E-state index contributed by atoms with van der Waals surface area (Å²) in [5.41, 5.74) is 2.51. The number of para-hydroxylation sites is 1. The minimum atomic E-state index is -3.69. The molecular formula is C21H20N2O4S. The second-order valence-corrected chi connectivity index (χ2v) is 8.55. The van der Waals surface area contributed by atoms with E-state index in [1.54, 1.807) is 29.2 Å². The van der Waals surface area contributed by atoms with Crippen molar-refractivity contribution in [3.8, 4) is 0 Å². The van der Waals surface area contributed by atoms with Crippen molar-refractivity contribution in [2.45, 2.75) is 30.8 Å². The van der Waals surface area contributed by atoms with Crippen molar-refractivity contribution in [2.24, 2.45) is 0 Å². The van der Waals surface area contributed by atoms with Crippen molar-refractivity contribution >= 4 is 21.6 Å². The van der Waals surface area contributed by atoms with Gasteiger partial charge in [0.25, 0.3) is 5.91 Å². The zero-order valence-corrected chi connectivity index (χ0v) is 16.1. The average Bonchev–Trinajstić information content (AvgIpc) is 3.33. The second-order valence-electron chi connectivity index (χ2n) is 6.79. The lowest BCUT2D eigenvalue weighted by Gasteiger charge is -2.23. The fourth-order valence-electron chi connectivity index (χ4n) is 3.45. The van der Waals surface area contributed by atoms with E-state index in [2.05, 4.69) is 4.72 Å². The third-order valence-corrected chi connectivity index (χ3v) is 6.27. The summed E-state index contributed by atoms with van der Waals surface area (Å²) in [5.74, 6) is 0.391. The summed E-state index contributed by atoms with van der Waals surface area (Å²) >= 11 is 0. The lowest BCUT2D eigenvalue weighted by molar-refractivity contribution is 0.0981. The average molecular weight is 396 g/mol. The first-order valence-electron chi connectivity index (χ1n) is 8.99. The van der Waals surface area contributed by atoms with Gasteiger partial charge in [0.05, 0.1) is 17.7 Å². The number of furan rings is 1. The largest absolute Gasteiger partial charge is 0.468 e. The van der Waals surface area contributed by atoms with Crippen LogP contribution in [0, 0.1) is 0 Å². The number of nitrogens with one attached hydrogen (secondary N) is 1. The SMILES string of the molecule is C[C@@H]1Cc2ccccc2N1C(=O)c1ccc(S(=O)(=O)NCc2ccco2)cc1. The highest BCUT2D eigenvalue weighted by Gasteiger charge is 2.31. The first-order valence-corrected chi connectivity index (χ1v) is 10.5. The van der Waals surface area contributed by atoms with E-state index < -0.39 is 10.0 Å². The molecule has 1 N–H and O–H groups in total. The summed E-state index contributed by atoms with van der Waals surface area (Å²) in [7, 11) is -3.69. The summed E-state index contributed by atoms with van der Waals surface area (Å²) in [6.07, 6.45) is 2.30. The fourth-order valence-corrected chi connectivity index (χ4v) is 4.45. The molecule has 6 nitrogen and oxygen atoms in total. The van der Waals surface area contributed by atoms with Crippen LogP contribution >= 0.6 is 0 Å². The Bertz CT molecular complexity index is 1090. The third kappa shape index (κ3) is 3.46. The molecule has 0 fully saturated rings. The molecule has 4 rings (SSSR count). The van der Waals surface area contributed by atoms with Crippen LogP contribution in [0.1, 0.15) is 28.6 Å². The third-order valence-electron chi connectivity index (χ3n) is 4.85. The number of benzene rings is 2. The highest BCUT2D eigenvalue weighted by molar-refractivity contribution is 7.89. The molecule has 0 radical (unpaired) electrons. The lowest BCUT2D eigenvalue weighted by Crippen LogP contribution is -2.35. The van der Waals surface area contributed by atoms with Crippen LogP contribution < -0.4 is 9.62 Å². The number of rotatable bonds is 5. The van der Waals surface area contributed by atoms with Crippen LogP contribution in [0.4, 0.5) is 5.69 Å². The van der Waals surface area contributed by atoms with Gasteiger partial charge in [0.1, 0.15) is 5.76 Å². The molecule has 2 heterocycles. The smallest absolute Gasteiger partial charge is 0.258 e. The highest BCUT2D eigenvalue weighted by Crippen LogP contribution is 2.33. The Kier molecular flexibility index (Phi) is 4.78. The van der Waals surface area contributed by atoms with Gasteiger partial charge in [-0.25, -0.2) is 13.1 Å². The van der Waals surface area contributed by atoms with E-state index in [-0.39, 0.29) is 23.4 Å². The molecule has 0 saturated carbocycles. The summed E-state index contributed by atoms with van der Waals surface area (Å²) < 4.78 is 32.5. The van der Waals surface area contributed by atoms with Crippen molar-refractivity contribution in [1.82, 2.24) is 4.72 Å². The number of carbonyl (C=O) groups is 1. The van der Waals surface area contributed by atoms with E-state index in [1.165, 1.54) is 18.4 Å². The maximum Gasteiger partial charge on any atom is 0.258 e. The minimum absolute atomic E-state index is 0.0586. The van der Waals surface area contributed by atoms with Gasteiger partial charge in [0.2, 0.25) is 10.0 Å². The van der Waals surface area contributed by atoms with Crippen LogP contribution in [-0.2, 0) is 23.0 Å². The topological polar surface area (TPSA) is 79.6 Å². The molecule has 0 spiro atoms. The van der Waals surface area contributed by atoms with Crippen LogP contribution in [0.2, 0.25) is 0 Å². The molecule has 1 aliphatic rings. The summed E-state index contributed by atoms with van der Waals surface area (Å²) in [5, 5.41) is 0. The van der Waals surface area contributed by atoms with Gasteiger partial charge in [0.15, 0.2) is 0 Å². The molecule has 28 heavy (non-hydrogen) atoms. The van der Waals surface area contributed by atoms with Gasteiger partial charge in [-0.15, -0.1) is 0 Å². The minimum Gasteiger partial charge on any atom is -0.468 e. The Morgan fingerprint density at radius 1 is 1.11 bits per heavy atom. The molecule has 1 aromatic heterocycles. The summed E-state index contributed by atoms with van der Waals surface area (Å²) in [6, 6.07) is 17.3. The van der Waals surface area contributed by atoms with Crippen molar-refractivity contribution in [3.63, 3.8) is 0 Å². The van der Waals surface area contributed by atoms with Gasteiger partial charge >= 0.3 is 0 Å². The second kappa shape index (κ2) is 7.26. The first-order chi connectivity index (χ1) is 13.5. The van der Waals surface area contributed by atoms with Crippen molar-refractivity contribution in [1.29, 1.82) is 0 Å². The first kappa shape index (κ1) is 18.5. The van der Waals surface area contributed by atoms with Gasteiger partial charge in [-0.3, -0.25) is 4.79 Å². The molecule has 2 aromatic carbocycles. The number of carbonyl (C=O) groups excluding carboxylic acids is 1. The zero-order valence-electron chi connectivity index (χ0n) is 15.3. The molecule has 0 bridgehead atoms. The molecule has 0 unspecified atom stereocenters. The predicted molar refractivity (Wildman–Crippen MR) is 106 cm³/mol. The van der Waals surface area contributed by atoms with E-state index >= 15 is 0 Å². The van der Waals surface area contributed by atoms with E-state index in [0.29, 0.717) is 11.3 Å². The normalized spacial score (nSPS) is 16.2. The molecule has 0 aliphatic carbocycles. The Hall–Kier alpha value is -2.90. The summed E-state index contributed by atoms with van der Waals surface area (Å²) in [4.78, 5) is 14.9. The number of nitrogens with zero attached hydrogens (tertiary/aromatic N) is 1. The van der Waals surface area contributed by atoms with Crippen LogP contribution in [-0.4, -0.2) is 20.4 Å². The maximum absolute atomic E-state index is 13.0. The van der Waals surface area contributed by atoms with E-state index in [4.69, 9.17) is 4.42 Å². The van der Waals surface area contributed by atoms with E-state index in [0.717, 1.165) is 17.7 Å². The number of sulfonamides is 1. The number of anilines is 1. The van der Waals surface area contributed by atoms with Crippen molar-refractivity contribution in [2.75, 3.05) is 4.90 Å². The van der Waals surface area contributed by atoms with Crippen molar-refractivity contribution in [3.05, 3.63) is 83.8 Å². The molecular weight excluding hydrogens is 376 g/mol. The zero-order chi connectivity index (χ0) is 19.7. The van der Waals surface area contributed by atoms with Gasteiger partial charge in [-0.05, 0) is 61.4 Å². The van der Waals surface area contributed by atoms with Gasteiger partial charge in [-0.2, -0.15) is 0 Å². The quantitative estimate of drug-likeness (QED) is 0.717. The Morgan fingerprint density at radius 2 is 1.86 bits per heavy atom. The molecule has 1 aliphatic heterocycles. The monoisotopic (exact) mass is 396 g/mol. The van der Waals surface area contributed by atoms with Crippen LogP contribution in [0.25, 0.3) is 0 Å². The molecule has 144 valence electrons. The van der Waals surface area contributed by atoms with Crippen LogP contribution in [0.3, 0.4) is 0 Å². The van der Waals surface area contributed by atoms with E-state index in [1.807, 2.05) is 31.2 Å². The Morgan fingerprint density at radius 3 is 2.57 bits per heavy atom. The Balaban J connectivity index is 1.52. The summed E-state index contributed by atoms with van der Waals surface area (Å²) in [6.45, 7) is 2.08. The number of hydrogen-bond acceptors (Lipinski definition) is 4. The highest BCUT2D eigenvalue weighted by atomic mass is 32.2. The van der Waals surface area contributed by atoms with Gasteiger partial charge in [0, 0.05) is 17.3 Å². The van der Waals surface area contributed by atoms with Crippen LogP contribution in [0.15, 0.2) is 76.2 Å². The predicted octanol–water partition coefficient (Wildman–Crippen LogP) is 3.35. The molecule has 1 atom stereocenters.